The highest BCUT2D eigenvalue weighted by atomic mass is 79.9. The standard InChI is InChI=1S/C14H22BrNS/c1-2-11-3-6-14(10-16,7-4-11)9-13-12(15)5-8-17-13/h5,8,11H,2-4,6-7,9-10,16H2,1H3. The van der Waals surface area contributed by atoms with Crippen molar-refractivity contribution in [1.82, 2.24) is 0 Å². The fourth-order valence-corrected chi connectivity index (χ4v) is 4.61. The molecule has 0 bridgehead atoms. The van der Waals surface area contributed by atoms with Gasteiger partial charge >= 0.3 is 0 Å². The Balaban J connectivity index is 2.04. The van der Waals surface area contributed by atoms with Crippen LogP contribution in [0.4, 0.5) is 0 Å². The van der Waals surface area contributed by atoms with E-state index in [1.54, 1.807) is 0 Å². The second kappa shape index (κ2) is 5.85. The van der Waals surface area contributed by atoms with Gasteiger partial charge in [-0.2, -0.15) is 0 Å². The van der Waals surface area contributed by atoms with Gasteiger partial charge in [0.1, 0.15) is 0 Å². The first-order chi connectivity index (χ1) is 8.19. The highest BCUT2D eigenvalue weighted by Crippen LogP contribution is 2.43. The lowest BCUT2D eigenvalue weighted by atomic mass is 9.68. The maximum absolute atomic E-state index is 6.08. The molecule has 0 aliphatic heterocycles. The van der Waals surface area contributed by atoms with Crippen LogP contribution < -0.4 is 5.73 Å². The summed E-state index contributed by atoms with van der Waals surface area (Å²) in [5.41, 5.74) is 6.46. The number of nitrogens with two attached hydrogens (primary N) is 1. The summed E-state index contributed by atoms with van der Waals surface area (Å²) in [6, 6.07) is 2.15. The second-order valence-electron chi connectivity index (χ2n) is 5.42. The number of thiophene rings is 1. The van der Waals surface area contributed by atoms with E-state index in [9.17, 15) is 0 Å². The molecular formula is C14H22BrNS. The molecule has 1 aromatic heterocycles. The lowest BCUT2D eigenvalue weighted by molar-refractivity contribution is 0.154. The molecule has 1 nitrogen and oxygen atoms in total. The van der Waals surface area contributed by atoms with Gasteiger partial charge in [-0.05, 0) is 77.4 Å². The minimum Gasteiger partial charge on any atom is -0.330 e. The zero-order valence-electron chi connectivity index (χ0n) is 10.5. The molecule has 0 aromatic carbocycles. The molecule has 1 aliphatic carbocycles. The monoisotopic (exact) mass is 315 g/mol. The first-order valence-electron chi connectivity index (χ1n) is 6.61. The van der Waals surface area contributed by atoms with Gasteiger partial charge in [-0.15, -0.1) is 11.3 Å². The molecule has 1 saturated carbocycles. The molecule has 0 radical (unpaired) electrons. The van der Waals surface area contributed by atoms with Crippen molar-refractivity contribution >= 4 is 27.3 Å². The Morgan fingerprint density at radius 2 is 2.18 bits per heavy atom. The van der Waals surface area contributed by atoms with Crippen molar-refractivity contribution in [3.8, 4) is 0 Å². The van der Waals surface area contributed by atoms with Gasteiger partial charge in [0.15, 0.2) is 0 Å². The minimum absolute atomic E-state index is 0.374. The predicted molar refractivity (Wildman–Crippen MR) is 79.5 cm³/mol. The molecule has 0 atom stereocenters. The molecule has 0 spiro atoms. The number of rotatable bonds is 4. The highest BCUT2D eigenvalue weighted by molar-refractivity contribution is 9.10. The van der Waals surface area contributed by atoms with Crippen LogP contribution in [-0.2, 0) is 6.42 Å². The maximum atomic E-state index is 6.08. The van der Waals surface area contributed by atoms with Gasteiger partial charge in [0, 0.05) is 9.35 Å². The SMILES string of the molecule is CCC1CCC(CN)(Cc2sccc2Br)CC1. The van der Waals surface area contributed by atoms with Crippen LogP contribution >= 0.6 is 27.3 Å². The Kier molecular flexibility index (Phi) is 4.67. The Labute approximate surface area is 117 Å². The molecule has 1 heterocycles. The maximum Gasteiger partial charge on any atom is 0.0314 e. The third kappa shape index (κ3) is 3.12. The summed E-state index contributed by atoms with van der Waals surface area (Å²) >= 11 is 5.50. The third-order valence-electron chi connectivity index (χ3n) is 4.40. The third-order valence-corrected chi connectivity index (χ3v) is 6.33. The molecule has 1 aromatic rings. The highest BCUT2D eigenvalue weighted by Gasteiger charge is 2.34. The number of halogens is 1. The van der Waals surface area contributed by atoms with Crippen LogP contribution in [0.1, 0.15) is 43.9 Å². The van der Waals surface area contributed by atoms with Crippen molar-refractivity contribution in [2.45, 2.75) is 45.4 Å². The molecular weight excluding hydrogens is 294 g/mol. The van der Waals surface area contributed by atoms with E-state index in [1.165, 1.54) is 41.5 Å². The number of hydrogen-bond acceptors (Lipinski definition) is 2. The predicted octanol–water partition coefficient (Wildman–Crippen LogP) is 4.60. The quantitative estimate of drug-likeness (QED) is 0.863. The van der Waals surface area contributed by atoms with Crippen molar-refractivity contribution in [3.63, 3.8) is 0 Å². The summed E-state index contributed by atoms with van der Waals surface area (Å²) in [5.74, 6) is 0.946. The van der Waals surface area contributed by atoms with E-state index in [1.807, 2.05) is 11.3 Å². The second-order valence-corrected chi connectivity index (χ2v) is 7.28. The Morgan fingerprint density at radius 1 is 1.47 bits per heavy atom. The average Bonchev–Trinajstić information content (AvgIpc) is 2.76. The fourth-order valence-electron chi connectivity index (χ4n) is 2.94. The van der Waals surface area contributed by atoms with Crippen LogP contribution in [0.2, 0.25) is 0 Å². The molecule has 2 rings (SSSR count). The first-order valence-corrected chi connectivity index (χ1v) is 8.28. The van der Waals surface area contributed by atoms with E-state index in [-0.39, 0.29) is 0 Å². The zero-order valence-corrected chi connectivity index (χ0v) is 12.9. The van der Waals surface area contributed by atoms with E-state index >= 15 is 0 Å². The first kappa shape index (κ1) is 13.6. The molecule has 0 unspecified atom stereocenters. The van der Waals surface area contributed by atoms with Crippen LogP contribution in [-0.4, -0.2) is 6.54 Å². The summed E-state index contributed by atoms with van der Waals surface area (Å²) in [5, 5.41) is 2.17. The lowest BCUT2D eigenvalue weighted by Crippen LogP contribution is -2.36. The van der Waals surface area contributed by atoms with Gasteiger partial charge in [0.25, 0.3) is 0 Å². The van der Waals surface area contributed by atoms with Crippen LogP contribution in [0.25, 0.3) is 0 Å². The summed E-state index contributed by atoms with van der Waals surface area (Å²) in [7, 11) is 0. The van der Waals surface area contributed by atoms with Crippen molar-refractivity contribution < 1.29 is 0 Å². The van der Waals surface area contributed by atoms with Gasteiger partial charge in [-0.3, -0.25) is 0 Å². The normalized spacial score (nSPS) is 29.5. The van der Waals surface area contributed by atoms with Crippen molar-refractivity contribution in [2.75, 3.05) is 6.54 Å². The van der Waals surface area contributed by atoms with Gasteiger partial charge in [0.2, 0.25) is 0 Å². The van der Waals surface area contributed by atoms with Gasteiger partial charge in [-0.1, -0.05) is 13.3 Å². The van der Waals surface area contributed by atoms with Crippen molar-refractivity contribution in [3.05, 3.63) is 20.8 Å². The zero-order chi connectivity index (χ0) is 12.3. The molecule has 0 amide bonds. The Hall–Kier alpha value is 0.140. The summed E-state index contributed by atoms with van der Waals surface area (Å²) in [6.45, 7) is 3.16. The number of hydrogen-bond donors (Lipinski definition) is 1. The fraction of sp³-hybridized carbons (Fsp3) is 0.714. The van der Waals surface area contributed by atoms with E-state index in [2.05, 4.69) is 34.3 Å². The molecule has 96 valence electrons. The Bertz CT molecular complexity index is 353. The van der Waals surface area contributed by atoms with Gasteiger partial charge in [0.05, 0.1) is 0 Å². The van der Waals surface area contributed by atoms with E-state index in [0.717, 1.165) is 18.9 Å². The minimum atomic E-state index is 0.374. The average molecular weight is 316 g/mol. The largest absolute Gasteiger partial charge is 0.330 e. The topological polar surface area (TPSA) is 26.0 Å². The van der Waals surface area contributed by atoms with E-state index < -0.39 is 0 Å². The van der Waals surface area contributed by atoms with Crippen LogP contribution in [0, 0.1) is 11.3 Å². The molecule has 2 N–H and O–H groups in total. The smallest absolute Gasteiger partial charge is 0.0314 e. The van der Waals surface area contributed by atoms with Crippen LogP contribution in [0.3, 0.4) is 0 Å². The summed E-state index contributed by atoms with van der Waals surface area (Å²) in [6.07, 6.45) is 7.87. The molecule has 17 heavy (non-hydrogen) atoms. The van der Waals surface area contributed by atoms with Gasteiger partial charge < -0.3 is 5.73 Å². The van der Waals surface area contributed by atoms with Crippen molar-refractivity contribution in [1.29, 1.82) is 0 Å². The van der Waals surface area contributed by atoms with E-state index in [4.69, 9.17) is 5.73 Å². The lowest BCUT2D eigenvalue weighted by Gasteiger charge is -2.39. The van der Waals surface area contributed by atoms with Crippen LogP contribution in [0.5, 0.6) is 0 Å². The molecule has 0 saturated heterocycles. The molecule has 1 aliphatic rings. The summed E-state index contributed by atoms with van der Waals surface area (Å²) in [4.78, 5) is 1.48. The molecule has 1 fully saturated rings. The van der Waals surface area contributed by atoms with Crippen LogP contribution in [0.15, 0.2) is 15.9 Å². The van der Waals surface area contributed by atoms with Crippen molar-refractivity contribution in [2.24, 2.45) is 17.1 Å². The van der Waals surface area contributed by atoms with E-state index in [0.29, 0.717) is 5.41 Å². The van der Waals surface area contributed by atoms with Gasteiger partial charge in [-0.25, -0.2) is 0 Å². The summed E-state index contributed by atoms with van der Waals surface area (Å²) < 4.78 is 1.27. The Morgan fingerprint density at radius 3 is 2.65 bits per heavy atom. The molecule has 3 heteroatoms.